The standard InChI is InChI=1S/C14H21FN4O/c1-17-2-4-18(5-3-17)12-8-19(9-12)14-6-11(15)7-16-13(14)10-20/h6-7,12,20H,2-5,8-10H2,1H3. The molecule has 1 N–H and O–H groups in total. The topological polar surface area (TPSA) is 42.8 Å². The van der Waals surface area contributed by atoms with Crippen molar-refractivity contribution >= 4 is 5.69 Å². The number of halogens is 1. The van der Waals surface area contributed by atoms with Gasteiger partial charge in [-0.3, -0.25) is 9.88 Å². The zero-order valence-corrected chi connectivity index (χ0v) is 11.8. The van der Waals surface area contributed by atoms with E-state index in [-0.39, 0.29) is 12.4 Å². The van der Waals surface area contributed by atoms with Gasteiger partial charge in [0.15, 0.2) is 0 Å². The number of hydrogen-bond donors (Lipinski definition) is 1. The lowest BCUT2D eigenvalue weighted by Crippen LogP contribution is -2.63. The monoisotopic (exact) mass is 280 g/mol. The summed E-state index contributed by atoms with van der Waals surface area (Å²) in [5.74, 6) is -0.347. The highest BCUT2D eigenvalue weighted by Gasteiger charge is 2.34. The number of nitrogens with zero attached hydrogens (tertiary/aromatic N) is 4. The number of rotatable bonds is 3. The van der Waals surface area contributed by atoms with Crippen molar-refractivity contribution in [2.45, 2.75) is 12.6 Å². The first kappa shape index (κ1) is 13.7. The van der Waals surface area contributed by atoms with E-state index in [1.807, 2.05) is 0 Å². The van der Waals surface area contributed by atoms with E-state index in [4.69, 9.17) is 0 Å². The molecule has 0 aromatic carbocycles. The van der Waals surface area contributed by atoms with E-state index in [1.54, 1.807) is 0 Å². The highest BCUT2D eigenvalue weighted by molar-refractivity contribution is 5.53. The molecule has 0 unspecified atom stereocenters. The number of hydrogen-bond acceptors (Lipinski definition) is 5. The third-order valence-electron chi connectivity index (χ3n) is 4.32. The first-order valence-electron chi connectivity index (χ1n) is 7.10. The lowest BCUT2D eigenvalue weighted by atomic mass is 10.0. The fraction of sp³-hybridized carbons (Fsp3) is 0.643. The van der Waals surface area contributed by atoms with Crippen molar-refractivity contribution in [2.75, 3.05) is 51.2 Å². The molecule has 3 rings (SSSR count). The molecule has 1 aromatic heterocycles. The zero-order valence-electron chi connectivity index (χ0n) is 11.8. The minimum absolute atomic E-state index is 0.148. The average molecular weight is 280 g/mol. The fourth-order valence-corrected chi connectivity index (χ4v) is 2.92. The second-order valence-electron chi connectivity index (χ2n) is 5.68. The van der Waals surface area contributed by atoms with Crippen LogP contribution in [0.2, 0.25) is 0 Å². The van der Waals surface area contributed by atoms with Crippen LogP contribution < -0.4 is 4.90 Å². The van der Waals surface area contributed by atoms with Crippen LogP contribution in [-0.4, -0.2) is 72.2 Å². The molecule has 2 aliphatic heterocycles. The van der Waals surface area contributed by atoms with Gasteiger partial charge in [0.25, 0.3) is 0 Å². The van der Waals surface area contributed by atoms with Gasteiger partial charge in [-0.25, -0.2) is 4.39 Å². The van der Waals surface area contributed by atoms with Gasteiger partial charge < -0.3 is 14.9 Å². The van der Waals surface area contributed by atoms with Crippen molar-refractivity contribution in [3.63, 3.8) is 0 Å². The maximum atomic E-state index is 13.3. The summed E-state index contributed by atoms with van der Waals surface area (Å²) >= 11 is 0. The molecule has 20 heavy (non-hydrogen) atoms. The summed E-state index contributed by atoms with van der Waals surface area (Å²) in [6.07, 6.45) is 1.16. The highest BCUT2D eigenvalue weighted by atomic mass is 19.1. The van der Waals surface area contributed by atoms with E-state index < -0.39 is 0 Å². The van der Waals surface area contributed by atoms with E-state index >= 15 is 0 Å². The highest BCUT2D eigenvalue weighted by Crippen LogP contribution is 2.27. The molecule has 0 radical (unpaired) electrons. The minimum Gasteiger partial charge on any atom is -0.390 e. The predicted molar refractivity (Wildman–Crippen MR) is 75.2 cm³/mol. The molecule has 0 atom stereocenters. The van der Waals surface area contributed by atoms with Gasteiger partial charge in [0.05, 0.1) is 24.2 Å². The van der Waals surface area contributed by atoms with Crippen molar-refractivity contribution in [1.29, 1.82) is 0 Å². The molecular formula is C14H21FN4O. The summed E-state index contributed by atoms with van der Waals surface area (Å²) in [6.45, 7) is 6.06. The Kier molecular flexibility index (Phi) is 3.87. The van der Waals surface area contributed by atoms with Crippen molar-refractivity contribution in [1.82, 2.24) is 14.8 Å². The Hall–Kier alpha value is -1.24. The molecule has 0 saturated carbocycles. The summed E-state index contributed by atoms with van der Waals surface area (Å²) < 4.78 is 13.3. The molecule has 6 heteroatoms. The maximum Gasteiger partial charge on any atom is 0.143 e. The van der Waals surface area contributed by atoms with Crippen molar-refractivity contribution in [2.24, 2.45) is 0 Å². The van der Waals surface area contributed by atoms with E-state index in [0.29, 0.717) is 11.7 Å². The second-order valence-corrected chi connectivity index (χ2v) is 5.68. The van der Waals surface area contributed by atoms with Gasteiger partial charge in [-0.2, -0.15) is 0 Å². The van der Waals surface area contributed by atoms with Crippen LogP contribution in [0.5, 0.6) is 0 Å². The quantitative estimate of drug-likeness (QED) is 0.854. The van der Waals surface area contributed by atoms with Crippen molar-refractivity contribution in [3.05, 3.63) is 23.8 Å². The van der Waals surface area contributed by atoms with Crippen molar-refractivity contribution in [3.8, 4) is 0 Å². The average Bonchev–Trinajstić information content (AvgIpc) is 2.40. The van der Waals surface area contributed by atoms with Crippen LogP contribution in [0.4, 0.5) is 10.1 Å². The predicted octanol–water partition coefficient (Wildman–Crippen LogP) is 0.149. The number of likely N-dealkylation sites (N-methyl/N-ethyl adjacent to an activating group) is 1. The molecule has 5 nitrogen and oxygen atoms in total. The number of aromatic nitrogens is 1. The summed E-state index contributed by atoms with van der Waals surface area (Å²) in [4.78, 5) is 10.9. The molecule has 0 aliphatic carbocycles. The fourth-order valence-electron chi connectivity index (χ4n) is 2.92. The zero-order chi connectivity index (χ0) is 14.1. The van der Waals surface area contributed by atoms with Gasteiger partial charge in [-0.15, -0.1) is 0 Å². The largest absolute Gasteiger partial charge is 0.390 e. The van der Waals surface area contributed by atoms with Crippen LogP contribution in [0.1, 0.15) is 5.69 Å². The summed E-state index contributed by atoms with van der Waals surface area (Å²) in [5, 5.41) is 9.29. The molecule has 0 bridgehead atoms. The third-order valence-corrected chi connectivity index (χ3v) is 4.32. The molecule has 2 saturated heterocycles. The molecular weight excluding hydrogens is 259 g/mol. The van der Waals surface area contributed by atoms with Crippen LogP contribution in [0.15, 0.2) is 12.3 Å². The SMILES string of the molecule is CN1CCN(C2CN(c3cc(F)cnc3CO)C2)CC1. The number of anilines is 1. The van der Waals surface area contributed by atoms with E-state index in [2.05, 4.69) is 26.7 Å². The van der Waals surface area contributed by atoms with Gasteiger partial charge in [0.2, 0.25) is 0 Å². The molecule has 110 valence electrons. The Morgan fingerprint density at radius 1 is 1.30 bits per heavy atom. The molecule has 0 spiro atoms. The Bertz CT molecular complexity index is 470. The van der Waals surface area contributed by atoms with Gasteiger partial charge >= 0.3 is 0 Å². The summed E-state index contributed by atoms with van der Waals surface area (Å²) in [6, 6.07) is 2.01. The minimum atomic E-state index is -0.347. The molecule has 0 amide bonds. The smallest absolute Gasteiger partial charge is 0.143 e. The van der Waals surface area contributed by atoms with Crippen LogP contribution >= 0.6 is 0 Å². The van der Waals surface area contributed by atoms with Gasteiger partial charge in [-0.05, 0) is 7.05 Å². The van der Waals surface area contributed by atoms with Crippen LogP contribution in [0.25, 0.3) is 0 Å². The van der Waals surface area contributed by atoms with E-state index in [0.717, 1.165) is 51.2 Å². The summed E-state index contributed by atoms with van der Waals surface area (Å²) in [7, 11) is 2.15. The number of aliphatic hydroxyl groups is 1. The number of pyridine rings is 1. The second kappa shape index (κ2) is 5.63. The maximum absolute atomic E-state index is 13.3. The lowest BCUT2D eigenvalue weighted by molar-refractivity contribution is 0.0961. The Morgan fingerprint density at radius 2 is 2.00 bits per heavy atom. The van der Waals surface area contributed by atoms with Crippen LogP contribution in [-0.2, 0) is 6.61 Å². The third kappa shape index (κ3) is 2.63. The Morgan fingerprint density at radius 3 is 2.65 bits per heavy atom. The summed E-state index contributed by atoms with van der Waals surface area (Å²) in [5.41, 5.74) is 1.29. The van der Waals surface area contributed by atoms with Gasteiger partial charge in [0, 0.05) is 51.4 Å². The molecule has 1 aromatic rings. The first-order chi connectivity index (χ1) is 9.67. The molecule has 2 fully saturated rings. The van der Waals surface area contributed by atoms with Gasteiger partial charge in [-0.1, -0.05) is 0 Å². The van der Waals surface area contributed by atoms with Crippen molar-refractivity contribution < 1.29 is 9.50 Å². The Labute approximate surface area is 118 Å². The lowest BCUT2D eigenvalue weighted by Gasteiger charge is -2.49. The molecule has 2 aliphatic rings. The normalized spacial score (nSPS) is 22.1. The Balaban J connectivity index is 1.61. The van der Waals surface area contributed by atoms with E-state index in [1.165, 1.54) is 6.07 Å². The molecule has 3 heterocycles. The van der Waals surface area contributed by atoms with Crippen LogP contribution in [0.3, 0.4) is 0 Å². The van der Waals surface area contributed by atoms with E-state index in [9.17, 15) is 9.50 Å². The number of piperazine rings is 1. The number of aliphatic hydroxyl groups excluding tert-OH is 1. The first-order valence-corrected chi connectivity index (χ1v) is 7.10. The van der Waals surface area contributed by atoms with Gasteiger partial charge in [0.1, 0.15) is 5.82 Å². The van der Waals surface area contributed by atoms with Crippen LogP contribution in [0, 0.1) is 5.82 Å².